The number of hydrogen-bond donors (Lipinski definition) is 1. The van der Waals surface area contributed by atoms with Crippen molar-refractivity contribution in [1.82, 2.24) is 14.9 Å². The summed E-state index contributed by atoms with van der Waals surface area (Å²) in [6.45, 7) is 10.5. The number of likely N-dealkylation sites (tertiary alicyclic amines) is 1. The molecule has 2 saturated heterocycles. The molecule has 5 heteroatoms. The lowest BCUT2D eigenvalue weighted by atomic mass is 9.96. The topological polar surface area (TPSA) is 44.3 Å². The molecule has 0 aromatic carbocycles. The summed E-state index contributed by atoms with van der Waals surface area (Å²) >= 11 is 0. The van der Waals surface area contributed by atoms with Crippen LogP contribution in [0.25, 0.3) is 0 Å². The third kappa shape index (κ3) is 5.62. The second-order valence-electron chi connectivity index (χ2n) is 9.89. The third-order valence-electron chi connectivity index (χ3n) is 6.78. The SMILES string of the molecule is CC(C)CN1CCCC[C@@H](Nc2nc3c(c(N4CCCCCC4)n2)CCCC3)C1. The molecule has 0 spiro atoms. The van der Waals surface area contributed by atoms with Gasteiger partial charge in [0.1, 0.15) is 5.82 Å². The van der Waals surface area contributed by atoms with Crippen LogP contribution in [0.3, 0.4) is 0 Å². The standard InChI is InChI=1S/C24H41N5/c1-19(2)17-28-14-10-7-11-20(18-28)25-24-26-22-13-6-5-12-21(22)23(27-24)29-15-8-3-4-9-16-29/h19-20H,3-18H2,1-2H3,(H,25,26,27)/t20-/m1/s1. The van der Waals surface area contributed by atoms with Gasteiger partial charge in [-0.15, -0.1) is 0 Å². The van der Waals surface area contributed by atoms with Gasteiger partial charge in [-0.2, -0.15) is 4.98 Å². The molecule has 0 saturated carbocycles. The molecule has 1 aromatic heterocycles. The number of fused-ring (bicyclic) bond motifs is 1. The Morgan fingerprint density at radius 1 is 0.897 bits per heavy atom. The van der Waals surface area contributed by atoms with Crippen LogP contribution in [0.4, 0.5) is 11.8 Å². The zero-order valence-electron chi connectivity index (χ0n) is 18.8. The molecule has 2 aliphatic heterocycles. The van der Waals surface area contributed by atoms with E-state index in [1.165, 1.54) is 88.0 Å². The molecule has 0 radical (unpaired) electrons. The van der Waals surface area contributed by atoms with Crippen molar-refractivity contribution in [2.24, 2.45) is 5.92 Å². The van der Waals surface area contributed by atoms with Gasteiger partial charge in [0.2, 0.25) is 5.95 Å². The zero-order valence-corrected chi connectivity index (χ0v) is 18.8. The summed E-state index contributed by atoms with van der Waals surface area (Å²) in [5.74, 6) is 2.87. The van der Waals surface area contributed by atoms with Gasteiger partial charge in [-0.3, -0.25) is 0 Å². The highest BCUT2D eigenvalue weighted by Crippen LogP contribution is 2.31. The number of anilines is 2. The Labute approximate surface area is 177 Å². The van der Waals surface area contributed by atoms with Gasteiger partial charge in [0.25, 0.3) is 0 Å². The van der Waals surface area contributed by atoms with Gasteiger partial charge in [0.05, 0.1) is 5.69 Å². The normalized spacial score (nSPS) is 24.1. The van der Waals surface area contributed by atoms with Crippen LogP contribution < -0.4 is 10.2 Å². The lowest BCUT2D eigenvalue weighted by Gasteiger charge is -2.29. The van der Waals surface area contributed by atoms with Crippen molar-refractivity contribution in [3.8, 4) is 0 Å². The molecule has 1 aromatic rings. The summed E-state index contributed by atoms with van der Waals surface area (Å²) in [5, 5.41) is 3.78. The number of aromatic nitrogens is 2. The van der Waals surface area contributed by atoms with E-state index >= 15 is 0 Å². The first-order chi connectivity index (χ1) is 14.2. The molecule has 0 unspecified atom stereocenters. The molecule has 1 atom stereocenters. The maximum Gasteiger partial charge on any atom is 0.225 e. The van der Waals surface area contributed by atoms with E-state index in [4.69, 9.17) is 9.97 Å². The van der Waals surface area contributed by atoms with Gasteiger partial charge in [-0.1, -0.05) is 33.1 Å². The minimum Gasteiger partial charge on any atom is -0.356 e. The van der Waals surface area contributed by atoms with Crippen LogP contribution in [0.2, 0.25) is 0 Å². The van der Waals surface area contributed by atoms with E-state index in [9.17, 15) is 0 Å². The minimum absolute atomic E-state index is 0.467. The van der Waals surface area contributed by atoms with Crippen molar-refractivity contribution < 1.29 is 0 Å². The van der Waals surface area contributed by atoms with Crippen LogP contribution in [-0.2, 0) is 12.8 Å². The van der Waals surface area contributed by atoms with Crippen molar-refractivity contribution in [3.63, 3.8) is 0 Å². The highest BCUT2D eigenvalue weighted by Gasteiger charge is 2.24. The van der Waals surface area contributed by atoms with Crippen molar-refractivity contribution in [2.45, 2.75) is 90.5 Å². The molecule has 5 nitrogen and oxygen atoms in total. The van der Waals surface area contributed by atoms with E-state index in [0.29, 0.717) is 6.04 Å². The molecule has 1 N–H and O–H groups in total. The van der Waals surface area contributed by atoms with Gasteiger partial charge in [-0.25, -0.2) is 4.98 Å². The number of hydrogen-bond acceptors (Lipinski definition) is 5. The van der Waals surface area contributed by atoms with E-state index in [-0.39, 0.29) is 0 Å². The van der Waals surface area contributed by atoms with Crippen LogP contribution in [0.5, 0.6) is 0 Å². The maximum absolute atomic E-state index is 5.15. The molecule has 4 rings (SSSR count). The van der Waals surface area contributed by atoms with E-state index < -0.39 is 0 Å². The van der Waals surface area contributed by atoms with E-state index in [1.807, 2.05) is 0 Å². The maximum atomic E-state index is 5.15. The first-order valence-corrected chi connectivity index (χ1v) is 12.3. The smallest absolute Gasteiger partial charge is 0.225 e. The van der Waals surface area contributed by atoms with Crippen molar-refractivity contribution in [2.75, 3.05) is 42.9 Å². The molecule has 1 aliphatic carbocycles. The number of rotatable bonds is 5. The summed E-state index contributed by atoms with van der Waals surface area (Å²) in [7, 11) is 0. The summed E-state index contributed by atoms with van der Waals surface area (Å²) < 4.78 is 0. The number of aryl methyl sites for hydroxylation is 1. The molecule has 0 amide bonds. The van der Waals surface area contributed by atoms with Crippen LogP contribution in [-0.4, -0.2) is 53.6 Å². The Bertz CT molecular complexity index is 651. The van der Waals surface area contributed by atoms with Gasteiger partial charge in [-0.05, 0) is 63.8 Å². The van der Waals surface area contributed by atoms with Crippen LogP contribution >= 0.6 is 0 Å². The third-order valence-corrected chi connectivity index (χ3v) is 6.78. The predicted octanol–water partition coefficient (Wildman–Crippen LogP) is 4.66. The van der Waals surface area contributed by atoms with Crippen LogP contribution in [0.1, 0.15) is 82.9 Å². The molecule has 0 bridgehead atoms. The average Bonchev–Trinajstić information content (AvgIpc) is 3.10. The van der Waals surface area contributed by atoms with Crippen LogP contribution in [0, 0.1) is 5.92 Å². The highest BCUT2D eigenvalue weighted by atomic mass is 15.2. The fourth-order valence-electron chi connectivity index (χ4n) is 5.39. The van der Waals surface area contributed by atoms with Crippen molar-refractivity contribution in [3.05, 3.63) is 11.3 Å². The number of nitrogens with zero attached hydrogens (tertiary/aromatic N) is 4. The monoisotopic (exact) mass is 399 g/mol. The number of nitrogens with one attached hydrogen (secondary N) is 1. The second-order valence-corrected chi connectivity index (χ2v) is 9.89. The fourth-order valence-corrected chi connectivity index (χ4v) is 5.39. The van der Waals surface area contributed by atoms with Gasteiger partial charge in [0.15, 0.2) is 0 Å². The van der Waals surface area contributed by atoms with Crippen LogP contribution in [0.15, 0.2) is 0 Å². The Balaban J connectivity index is 1.54. The Hall–Kier alpha value is -1.36. The van der Waals surface area contributed by atoms with Gasteiger partial charge in [0, 0.05) is 37.8 Å². The van der Waals surface area contributed by atoms with Crippen molar-refractivity contribution in [1.29, 1.82) is 0 Å². The van der Waals surface area contributed by atoms with E-state index in [2.05, 4.69) is 29.0 Å². The van der Waals surface area contributed by atoms with Gasteiger partial charge < -0.3 is 15.1 Å². The van der Waals surface area contributed by atoms with E-state index in [1.54, 1.807) is 0 Å². The quantitative estimate of drug-likeness (QED) is 0.780. The Kier molecular flexibility index (Phi) is 7.28. The Morgan fingerprint density at radius 2 is 1.66 bits per heavy atom. The highest BCUT2D eigenvalue weighted by molar-refractivity contribution is 5.54. The zero-order chi connectivity index (χ0) is 20.1. The summed E-state index contributed by atoms with van der Waals surface area (Å²) in [5.41, 5.74) is 2.77. The first kappa shape index (κ1) is 20.9. The molecular formula is C24H41N5. The summed E-state index contributed by atoms with van der Waals surface area (Å²) in [6, 6.07) is 0.467. The molecule has 162 valence electrons. The average molecular weight is 400 g/mol. The molecule has 3 aliphatic rings. The fraction of sp³-hybridized carbons (Fsp3) is 0.833. The lowest BCUT2D eigenvalue weighted by Crippen LogP contribution is -2.38. The first-order valence-electron chi connectivity index (χ1n) is 12.3. The van der Waals surface area contributed by atoms with E-state index in [0.717, 1.165) is 44.3 Å². The predicted molar refractivity (Wildman–Crippen MR) is 122 cm³/mol. The molecule has 2 fully saturated rings. The largest absolute Gasteiger partial charge is 0.356 e. The minimum atomic E-state index is 0.467. The summed E-state index contributed by atoms with van der Waals surface area (Å²) in [4.78, 5) is 15.4. The summed E-state index contributed by atoms with van der Waals surface area (Å²) in [6.07, 6.45) is 14.0. The Morgan fingerprint density at radius 3 is 2.45 bits per heavy atom. The second kappa shape index (κ2) is 10.1. The van der Waals surface area contributed by atoms with Gasteiger partial charge >= 0.3 is 0 Å². The van der Waals surface area contributed by atoms with Crippen molar-refractivity contribution >= 4 is 11.8 Å². The lowest BCUT2D eigenvalue weighted by molar-refractivity contribution is 0.247. The molecular weight excluding hydrogens is 358 g/mol. The molecule has 29 heavy (non-hydrogen) atoms. The molecule has 3 heterocycles.